The third kappa shape index (κ3) is 2.09. The Hall–Kier alpha value is -1.42. The lowest BCUT2D eigenvalue weighted by molar-refractivity contribution is 0.276. The second-order valence-electron chi connectivity index (χ2n) is 3.32. The van der Waals surface area contributed by atoms with Crippen molar-refractivity contribution in [1.29, 1.82) is 0 Å². The molecule has 0 atom stereocenters. The molecule has 0 radical (unpaired) electrons. The first-order valence-electron chi connectivity index (χ1n) is 4.74. The Balaban J connectivity index is 2.03. The highest BCUT2D eigenvalue weighted by Gasteiger charge is 2.02. The highest BCUT2D eigenvalue weighted by Crippen LogP contribution is 2.11. The highest BCUT2D eigenvalue weighted by atomic mass is 16.3. The van der Waals surface area contributed by atoms with Gasteiger partial charge in [0.2, 0.25) is 0 Å². The summed E-state index contributed by atoms with van der Waals surface area (Å²) in [5, 5.41) is 16.5. The molecule has 0 amide bonds. The summed E-state index contributed by atoms with van der Waals surface area (Å²) in [5.41, 5.74) is 1.87. The number of hydrogen-bond acceptors (Lipinski definition) is 3. The molecule has 0 bridgehead atoms. The SMILES string of the molecule is OCc1cn(CC2=CCCC=C2)nn1. The second-order valence-corrected chi connectivity index (χ2v) is 3.32. The lowest BCUT2D eigenvalue weighted by atomic mass is 10.1. The third-order valence-electron chi connectivity index (χ3n) is 2.16. The smallest absolute Gasteiger partial charge is 0.108 e. The van der Waals surface area contributed by atoms with Crippen LogP contribution in [0.1, 0.15) is 18.5 Å². The van der Waals surface area contributed by atoms with Gasteiger partial charge in [0.25, 0.3) is 0 Å². The van der Waals surface area contributed by atoms with E-state index in [0.29, 0.717) is 5.69 Å². The summed E-state index contributed by atoms with van der Waals surface area (Å²) in [4.78, 5) is 0. The largest absolute Gasteiger partial charge is 0.390 e. The predicted molar refractivity (Wildman–Crippen MR) is 52.4 cm³/mol. The van der Waals surface area contributed by atoms with E-state index in [1.807, 2.05) is 0 Å². The minimum Gasteiger partial charge on any atom is -0.390 e. The van der Waals surface area contributed by atoms with Crippen LogP contribution in [0.5, 0.6) is 0 Å². The van der Waals surface area contributed by atoms with Gasteiger partial charge in [-0.25, -0.2) is 4.68 Å². The molecule has 1 aliphatic rings. The lowest BCUT2D eigenvalue weighted by Gasteiger charge is -2.05. The van der Waals surface area contributed by atoms with Crippen LogP contribution in [0.3, 0.4) is 0 Å². The zero-order valence-corrected chi connectivity index (χ0v) is 7.93. The Kier molecular flexibility index (Phi) is 2.74. The van der Waals surface area contributed by atoms with Crippen LogP contribution < -0.4 is 0 Å². The van der Waals surface area contributed by atoms with E-state index in [9.17, 15) is 0 Å². The fourth-order valence-electron chi connectivity index (χ4n) is 1.46. The molecule has 0 saturated carbocycles. The van der Waals surface area contributed by atoms with Crippen LogP contribution in [0.15, 0.2) is 30.0 Å². The Morgan fingerprint density at radius 2 is 2.36 bits per heavy atom. The van der Waals surface area contributed by atoms with Gasteiger partial charge in [-0.1, -0.05) is 23.4 Å². The first kappa shape index (κ1) is 9.15. The van der Waals surface area contributed by atoms with Crippen molar-refractivity contribution in [2.75, 3.05) is 0 Å². The third-order valence-corrected chi connectivity index (χ3v) is 2.16. The van der Waals surface area contributed by atoms with Crippen molar-refractivity contribution in [2.24, 2.45) is 0 Å². The van der Waals surface area contributed by atoms with E-state index in [1.54, 1.807) is 10.9 Å². The van der Waals surface area contributed by atoms with Gasteiger partial charge in [0, 0.05) is 0 Å². The van der Waals surface area contributed by atoms with Gasteiger partial charge in [0.15, 0.2) is 0 Å². The molecule has 74 valence electrons. The van der Waals surface area contributed by atoms with Gasteiger partial charge < -0.3 is 5.11 Å². The lowest BCUT2D eigenvalue weighted by Crippen LogP contribution is -2.01. The molecule has 4 heteroatoms. The molecule has 2 rings (SSSR count). The van der Waals surface area contributed by atoms with E-state index in [0.717, 1.165) is 19.4 Å². The molecular formula is C10H13N3O. The van der Waals surface area contributed by atoms with Gasteiger partial charge in [-0.3, -0.25) is 0 Å². The van der Waals surface area contributed by atoms with Crippen molar-refractivity contribution in [3.05, 3.63) is 35.7 Å². The van der Waals surface area contributed by atoms with E-state index >= 15 is 0 Å². The topological polar surface area (TPSA) is 50.9 Å². The molecule has 1 aromatic heterocycles. The van der Waals surface area contributed by atoms with Crippen molar-refractivity contribution in [3.63, 3.8) is 0 Å². The van der Waals surface area contributed by atoms with Crippen molar-refractivity contribution in [1.82, 2.24) is 15.0 Å². The maximum atomic E-state index is 8.81. The summed E-state index contributed by atoms with van der Waals surface area (Å²) >= 11 is 0. The minimum absolute atomic E-state index is 0.0467. The number of rotatable bonds is 3. The Labute approximate surface area is 82.6 Å². The summed E-state index contributed by atoms with van der Waals surface area (Å²) < 4.78 is 1.74. The molecule has 0 saturated heterocycles. The van der Waals surface area contributed by atoms with Gasteiger partial charge >= 0.3 is 0 Å². The Bertz CT molecular complexity index is 365. The molecule has 1 aromatic rings. The molecule has 0 unspecified atom stereocenters. The van der Waals surface area contributed by atoms with Crippen LogP contribution in [-0.2, 0) is 13.2 Å². The second kappa shape index (κ2) is 4.19. The molecule has 0 aromatic carbocycles. The number of aliphatic hydroxyl groups excluding tert-OH is 1. The highest BCUT2D eigenvalue weighted by molar-refractivity contribution is 5.21. The monoisotopic (exact) mass is 191 g/mol. The van der Waals surface area contributed by atoms with Crippen LogP contribution in [-0.4, -0.2) is 20.1 Å². The molecule has 0 fully saturated rings. The first-order chi connectivity index (χ1) is 6.88. The number of aliphatic hydroxyl groups is 1. The molecule has 4 nitrogen and oxygen atoms in total. The molecule has 0 spiro atoms. The molecule has 0 aliphatic heterocycles. The molecule has 14 heavy (non-hydrogen) atoms. The van der Waals surface area contributed by atoms with Gasteiger partial charge in [-0.15, -0.1) is 5.10 Å². The standard InChI is InChI=1S/C10H13N3O/c14-8-10-7-13(12-11-10)6-9-4-2-1-3-5-9/h2,4-5,7,14H,1,3,6,8H2. The zero-order chi connectivity index (χ0) is 9.80. The van der Waals surface area contributed by atoms with E-state index < -0.39 is 0 Å². The number of nitrogens with zero attached hydrogens (tertiary/aromatic N) is 3. The summed E-state index contributed by atoms with van der Waals surface area (Å²) in [5.74, 6) is 0. The summed E-state index contributed by atoms with van der Waals surface area (Å²) in [6.07, 6.45) is 10.5. The maximum Gasteiger partial charge on any atom is 0.108 e. The fraction of sp³-hybridized carbons (Fsp3) is 0.400. The van der Waals surface area contributed by atoms with E-state index in [4.69, 9.17) is 5.11 Å². The number of allylic oxidation sites excluding steroid dienone is 4. The van der Waals surface area contributed by atoms with Gasteiger partial charge in [0.1, 0.15) is 5.69 Å². The van der Waals surface area contributed by atoms with Gasteiger partial charge in [-0.2, -0.15) is 0 Å². The van der Waals surface area contributed by atoms with Crippen molar-refractivity contribution in [3.8, 4) is 0 Å². The van der Waals surface area contributed by atoms with Crippen molar-refractivity contribution >= 4 is 0 Å². The molecular weight excluding hydrogens is 178 g/mol. The van der Waals surface area contributed by atoms with E-state index in [-0.39, 0.29) is 6.61 Å². The minimum atomic E-state index is -0.0467. The normalized spacial score (nSPS) is 15.6. The Morgan fingerprint density at radius 1 is 1.43 bits per heavy atom. The first-order valence-corrected chi connectivity index (χ1v) is 4.74. The average molecular weight is 191 g/mol. The van der Waals surface area contributed by atoms with Crippen LogP contribution in [0.4, 0.5) is 0 Å². The summed E-state index contributed by atoms with van der Waals surface area (Å²) in [6.45, 7) is 0.693. The molecule has 1 N–H and O–H groups in total. The number of hydrogen-bond donors (Lipinski definition) is 1. The van der Waals surface area contributed by atoms with Crippen molar-refractivity contribution in [2.45, 2.75) is 26.0 Å². The quantitative estimate of drug-likeness (QED) is 0.776. The van der Waals surface area contributed by atoms with Crippen LogP contribution in [0.25, 0.3) is 0 Å². The fourth-order valence-corrected chi connectivity index (χ4v) is 1.46. The molecule has 1 heterocycles. The summed E-state index contributed by atoms with van der Waals surface area (Å²) in [7, 11) is 0. The summed E-state index contributed by atoms with van der Waals surface area (Å²) in [6, 6.07) is 0. The maximum absolute atomic E-state index is 8.81. The van der Waals surface area contributed by atoms with E-state index in [1.165, 1.54) is 5.57 Å². The van der Waals surface area contributed by atoms with E-state index in [2.05, 4.69) is 28.5 Å². The van der Waals surface area contributed by atoms with Crippen LogP contribution in [0.2, 0.25) is 0 Å². The molecule has 1 aliphatic carbocycles. The van der Waals surface area contributed by atoms with Crippen LogP contribution >= 0.6 is 0 Å². The van der Waals surface area contributed by atoms with Gasteiger partial charge in [-0.05, 0) is 18.4 Å². The van der Waals surface area contributed by atoms with Crippen molar-refractivity contribution < 1.29 is 5.11 Å². The van der Waals surface area contributed by atoms with Gasteiger partial charge in [0.05, 0.1) is 19.3 Å². The number of aromatic nitrogens is 3. The predicted octanol–water partition coefficient (Wildman–Crippen LogP) is 1.05. The Morgan fingerprint density at radius 3 is 3.00 bits per heavy atom. The van der Waals surface area contributed by atoms with Crippen LogP contribution in [0, 0.1) is 0 Å². The average Bonchev–Trinajstić information content (AvgIpc) is 2.67. The zero-order valence-electron chi connectivity index (χ0n) is 7.93.